The van der Waals surface area contributed by atoms with Crippen LogP contribution in [0.25, 0.3) is 0 Å². The minimum absolute atomic E-state index is 0.181. The van der Waals surface area contributed by atoms with Crippen LogP contribution in [0.3, 0.4) is 0 Å². The lowest BCUT2D eigenvalue weighted by Crippen LogP contribution is -2.48. The minimum atomic E-state index is -0.635. The van der Waals surface area contributed by atoms with Gasteiger partial charge in [0.05, 0.1) is 17.8 Å². The highest BCUT2D eigenvalue weighted by atomic mass is 16.5. The van der Waals surface area contributed by atoms with Crippen LogP contribution in [0, 0.1) is 0 Å². The molecule has 0 spiro atoms. The number of ether oxygens (including phenoxy) is 1. The third-order valence-corrected chi connectivity index (χ3v) is 3.75. The van der Waals surface area contributed by atoms with Crippen LogP contribution in [-0.4, -0.2) is 27.9 Å². The lowest BCUT2D eigenvalue weighted by molar-refractivity contribution is -0.152. The zero-order valence-corrected chi connectivity index (χ0v) is 10.6. The van der Waals surface area contributed by atoms with Gasteiger partial charge in [-0.1, -0.05) is 6.92 Å². The van der Waals surface area contributed by atoms with Gasteiger partial charge in [0.15, 0.2) is 0 Å². The average molecular weight is 235 g/mol. The predicted molar refractivity (Wildman–Crippen MR) is 66.8 cm³/mol. The Morgan fingerprint density at radius 3 is 2.76 bits per heavy atom. The summed E-state index contributed by atoms with van der Waals surface area (Å²) in [5.41, 5.74) is 0.326. The fourth-order valence-corrected chi connectivity index (χ4v) is 2.58. The molecule has 3 heteroatoms. The lowest BCUT2D eigenvalue weighted by Gasteiger charge is -2.43. The normalized spacial score (nSPS) is 33.6. The van der Waals surface area contributed by atoms with E-state index in [1.54, 1.807) is 12.4 Å². The smallest absolute Gasteiger partial charge is 0.0737 e. The molecule has 0 bridgehead atoms. The summed E-state index contributed by atoms with van der Waals surface area (Å²) in [6.45, 7) is 4.84. The first-order valence-electron chi connectivity index (χ1n) is 6.31. The van der Waals surface area contributed by atoms with Crippen LogP contribution in [0.2, 0.25) is 0 Å². The molecule has 1 aromatic rings. The molecule has 2 heterocycles. The van der Waals surface area contributed by atoms with Crippen molar-refractivity contribution in [3.63, 3.8) is 0 Å². The predicted octanol–water partition coefficient (Wildman–Crippen LogP) is 2.33. The van der Waals surface area contributed by atoms with Gasteiger partial charge in [0.2, 0.25) is 0 Å². The first kappa shape index (κ1) is 12.5. The summed E-state index contributed by atoms with van der Waals surface area (Å²) in [5.74, 6) is 0. The number of pyridine rings is 1. The first-order valence-corrected chi connectivity index (χ1v) is 6.31. The van der Waals surface area contributed by atoms with Crippen molar-refractivity contribution in [1.29, 1.82) is 0 Å². The van der Waals surface area contributed by atoms with Crippen molar-refractivity contribution in [2.45, 2.75) is 50.7 Å². The first-order chi connectivity index (χ1) is 8.05. The third-order valence-electron chi connectivity index (χ3n) is 3.75. The second kappa shape index (κ2) is 4.75. The maximum absolute atomic E-state index is 10.7. The maximum atomic E-state index is 10.7. The monoisotopic (exact) mass is 235 g/mol. The van der Waals surface area contributed by atoms with Gasteiger partial charge < -0.3 is 9.84 Å². The SMILES string of the molecule is CCC1(C)CC(O)(Cc2ccncc2)CCO1. The van der Waals surface area contributed by atoms with Crippen molar-refractivity contribution in [3.8, 4) is 0 Å². The second-order valence-electron chi connectivity index (χ2n) is 5.34. The van der Waals surface area contributed by atoms with E-state index < -0.39 is 5.60 Å². The van der Waals surface area contributed by atoms with E-state index in [2.05, 4.69) is 18.8 Å². The van der Waals surface area contributed by atoms with Crippen LogP contribution in [0.4, 0.5) is 0 Å². The standard InChI is InChI=1S/C14H21NO2/c1-3-13(2)11-14(16,6-9-17-13)10-12-4-7-15-8-5-12/h4-5,7-8,16H,3,6,9-11H2,1-2H3. The molecule has 1 fully saturated rings. The van der Waals surface area contributed by atoms with Crippen LogP contribution >= 0.6 is 0 Å². The van der Waals surface area contributed by atoms with Crippen molar-refractivity contribution in [2.24, 2.45) is 0 Å². The maximum Gasteiger partial charge on any atom is 0.0737 e. The van der Waals surface area contributed by atoms with Crippen LogP contribution in [-0.2, 0) is 11.2 Å². The second-order valence-corrected chi connectivity index (χ2v) is 5.34. The van der Waals surface area contributed by atoms with Gasteiger partial charge in [0.25, 0.3) is 0 Å². The number of aromatic nitrogens is 1. The van der Waals surface area contributed by atoms with Crippen LogP contribution in [0.5, 0.6) is 0 Å². The summed E-state index contributed by atoms with van der Waals surface area (Å²) in [4.78, 5) is 4.00. The third kappa shape index (κ3) is 3.05. The number of aliphatic hydroxyl groups is 1. The highest BCUT2D eigenvalue weighted by Gasteiger charge is 2.40. The molecule has 0 aromatic carbocycles. The Hall–Kier alpha value is -0.930. The summed E-state index contributed by atoms with van der Waals surface area (Å²) < 4.78 is 5.78. The molecular formula is C14H21NO2. The summed E-state index contributed by atoms with van der Waals surface area (Å²) in [7, 11) is 0. The van der Waals surface area contributed by atoms with Gasteiger partial charge in [0.1, 0.15) is 0 Å². The molecule has 3 nitrogen and oxygen atoms in total. The number of hydrogen-bond donors (Lipinski definition) is 1. The number of rotatable bonds is 3. The van der Waals surface area contributed by atoms with Gasteiger partial charge >= 0.3 is 0 Å². The fourth-order valence-electron chi connectivity index (χ4n) is 2.58. The fraction of sp³-hybridized carbons (Fsp3) is 0.643. The van der Waals surface area contributed by atoms with Crippen molar-refractivity contribution in [2.75, 3.05) is 6.61 Å². The van der Waals surface area contributed by atoms with Crippen LogP contribution < -0.4 is 0 Å². The molecule has 1 aromatic heterocycles. The van der Waals surface area contributed by atoms with Gasteiger partial charge in [-0.25, -0.2) is 0 Å². The van der Waals surface area contributed by atoms with E-state index >= 15 is 0 Å². The molecule has 0 saturated carbocycles. The van der Waals surface area contributed by atoms with E-state index in [-0.39, 0.29) is 5.60 Å². The molecule has 94 valence electrons. The molecule has 0 radical (unpaired) electrons. The topological polar surface area (TPSA) is 42.4 Å². The molecular weight excluding hydrogens is 214 g/mol. The summed E-state index contributed by atoms with van der Waals surface area (Å²) in [6.07, 6.45) is 6.60. The van der Waals surface area contributed by atoms with E-state index in [1.807, 2.05) is 12.1 Å². The Bertz CT molecular complexity index is 368. The Morgan fingerprint density at radius 2 is 2.12 bits per heavy atom. The molecule has 1 N–H and O–H groups in total. The lowest BCUT2D eigenvalue weighted by atomic mass is 9.78. The van der Waals surface area contributed by atoms with Gasteiger partial charge in [-0.05, 0) is 37.5 Å². The summed E-state index contributed by atoms with van der Waals surface area (Å²) >= 11 is 0. The van der Waals surface area contributed by atoms with Crippen molar-refractivity contribution >= 4 is 0 Å². The van der Waals surface area contributed by atoms with Crippen LogP contribution in [0.15, 0.2) is 24.5 Å². The zero-order chi connectivity index (χ0) is 12.4. The molecule has 2 atom stereocenters. The summed E-state index contributed by atoms with van der Waals surface area (Å²) in [5, 5.41) is 10.7. The van der Waals surface area contributed by atoms with E-state index in [0.717, 1.165) is 12.0 Å². The quantitative estimate of drug-likeness (QED) is 0.874. The number of nitrogens with zero attached hydrogens (tertiary/aromatic N) is 1. The van der Waals surface area contributed by atoms with E-state index in [9.17, 15) is 5.11 Å². The molecule has 0 aliphatic carbocycles. The van der Waals surface area contributed by atoms with E-state index in [0.29, 0.717) is 25.9 Å². The molecule has 2 rings (SSSR count). The van der Waals surface area contributed by atoms with Gasteiger partial charge in [-0.3, -0.25) is 4.98 Å². The highest BCUT2D eigenvalue weighted by molar-refractivity contribution is 5.14. The molecule has 1 aliphatic rings. The van der Waals surface area contributed by atoms with Crippen molar-refractivity contribution in [3.05, 3.63) is 30.1 Å². The largest absolute Gasteiger partial charge is 0.389 e. The van der Waals surface area contributed by atoms with E-state index in [4.69, 9.17) is 4.74 Å². The van der Waals surface area contributed by atoms with Gasteiger partial charge in [-0.2, -0.15) is 0 Å². The molecule has 2 unspecified atom stereocenters. The minimum Gasteiger partial charge on any atom is -0.389 e. The van der Waals surface area contributed by atoms with Gasteiger partial charge in [-0.15, -0.1) is 0 Å². The van der Waals surface area contributed by atoms with Crippen molar-refractivity contribution in [1.82, 2.24) is 4.98 Å². The average Bonchev–Trinajstić information content (AvgIpc) is 2.29. The van der Waals surface area contributed by atoms with Gasteiger partial charge in [0, 0.05) is 25.2 Å². The molecule has 1 saturated heterocycles. The zero-order valence-electron chi connectivity index (χ0n) is 10.6. The Kier molecular flexibility index (Phi) is 3.50. The summed E-state index contributed by atoms with van der Waals surface area (Å²) in [6, 6.07) is 3.94. The Morgan fingerprint density at radius 1 is 1.41 bits per heavy atom. The molecule has 17 heavy (non-hydrogen) atoms. The van der Waals surface area contributed by atoms with E-state index in [1.165, 1.54) is 0 Å². The molecule has 1 aliphatic heterocycles. The number of hydrogen-bond acceptors (Lipinski definition) is 3. The van der Waals surface area contributed by atoms with Crippen LogP contribution in [0.1, 0.15) is 38.7 Å². The molecule has 0 amide bonds. The Labute approximate surface area is 103 Å². The Balaban J connectivity index is 2.09. The highest BCUT2D eigenvalue weighted by Crippen LogP contribution is 2.36. The van der Waals surface area contributed by atoms with Crippen molar-refractivity contribution < 1.29 is 9.84 Å².